The van der Waals surface area contributed by atoms with Crippen molar-refractivity contribution in [2.45, 2.75) is 6.10 Å². The number of benzene rings is 1. The lowest BCUT2D eigenvalue weighted by molar-refractivity contribution is -0.148. The Morgan fingerprint density at radius 1 is 1.65 bits per heavy atom. The molecule has 1 aliphatic rings. The number of anilines is 1. The maximum absolute atomic E-state index is 11.7. The number of fused-ring (bicyclic) bond motifs is 1. The number of esters is 1. The number of carbonyl (C=O) groups is 1. The summed E-state index contributed by atoms with van der Waals surface area (Å²) in [4.78, 5) is 13.5. The third kappa shape index (κ3) is 2.91. The summed E-state index contributed by atoms with van der Waals surface area (Å²) in [6.45, 7) is 4.51. The van der Waals surface area contributed by atoms with Crippen LogP contribution in [0.5, 0.6) is 5.75 Å². The third-order valence-electron chi connectivity index (χ3n) is 2.88. The first-order valence-electron chi connectivity index (χ1n) is 6.17. The van der Waals surface area contributed by atoms with E-state index < -0.39 is 12.1 Å². The number of hydrogen-bond donors (Lipinski definition) is 1. The highest BCUT2D eigenvalue weighted by molar-refractivity contribution is 7.80. The molecule has 1 aromatic carbocycles. The zero-order valence-electron chi connectivity index (χ0n) is 11.2. The average molecular weight is 292 g/mol. The van der Waals surface area contributed by atoms with Crippen LogP contribution in [-0.2, 0) is 9.53 Å². The molecule has 1 aromatic rings. The molecule has 5 nitrogen and oxygen atoms in total. The van der Waals surface area contributed by atoms with Gasteiger partial charge in [0.05, 0.1) is 19.3 Å². The molecular formula is C14H16N2O3S. The molecule has 0 fully saturated rings. The Hall–Kier alpha value is -2.08. The molecule has 1 N–H and O–H groups in total. The smallest absolute Gasteiger partial charge is 0.348 e. The molecular weight excluding hydrogens is 276 g/mol. The molecule has 20 heavy (non-hydrogen) atoms. The van der Waals surface area contributed by atoms with E-state index in [1.165, 1.54) is 7.11 Å². The van der Waals surface area contributed by atoms with Crippen molar-refractivity contribution in [3.63, 3.8) is 0 Å². The number of methoxy groups -OCH3 is 1. The van der Waals surface area contributed by atoms with Crippen LogP contribution in [0.4, 0.5) is 5.69 Å². The minimum Gasteiger partial charge on any atom is -0.475 e. The predicted octanol–water partition coefficient (Wildman–Crippen LogP) is 1.49. The molecule has 1 aliphatic heterocycles. The van der Waals surface area contributed by atoms with E-state index in [1.807, 2.05) is 23.1 Å². The summed E-state index contributed by atoms with van der Waals surface area (Å²) >= 11 is 5.35. The predicted molar refractivity (Wildman–Crippen MR) is 81.0 cm³/mol. The van der Waals surface area contributed by atoms with Gasteiger partial charge in [0.2, 0.25) is 6.10 Å². The summed E-state index contributed by atoms with van der Waals surface area (Å²) in [6.07, 6.45) is 1.02. The summed E-state index contributed by atoms with van der Waals surface area (Å²) < 4.78 is 10.4. The molecule has 0 aliphatic carbocycles. The second-order valence-electron chi connectivity index (χ2n) is 4.18. The maximum Gasteiger partial charge on any atom is 0.348 e. The van der Waals surface area contributed by atoms with Crippen LogP contribution in [-0.4, -0.2) is 37.4 Å². The van der Waals surface area contributed by atoms with Crippen LogP contribution in [0, 0.1) is 0 Å². The molecule has 0 amide bonds. The number of para-hydroxylation sites is 2. The van der Waals surface area contributed by atoms with Gasteiger partial charge < -0.3 is 19.7 Å². The molecule has 0 bridgehead atoms. The van der Waals surface area contributed by atoms with Gasteiger partial charge in [-0.2, -0.15) is 0 Å². The number of thiocarbonyl (C=S) groups is 1. The Kier molecular flexibility index (Phi) is 4.57. The van der Waals surface area contributed by atoms with Crippen molar-refractivity contribution in [3.05, 3.63) is 36.9 Å². The lowest BCUT2D eigenvalue weighted by Crippen LogP contribution is -2.50. The highest BCUT2D eigenvalue weighted by atomic mass is 32.1. The molecule has 0 radical (unpaired) electrons. The lowest BCUT2D eigenvalue weighted by atomic mass is 10.2. The maximum atomic E-state index is 11.7. The van der Waals surface area contributed by atoms with Crippen molar-refractivity contribution >= 4 is 29.0 Å². The Bertz CT molecular complexity index is 533. The molecule has 0 spiro atoms. The molecule has 0 saturated carbocycles. The molecule has 6 heteroatoms. The standard InChI is InChI=1S/C14H16N2O3S/c1-3-8-15-14(20)16-9-12(13(17)18-2)19-11-7-5-4-6-10(11)16/h3-7,12H,1,8-9H2,2H3,(H,15,20)/t12-/m0/s1. The number of ether oxygens (including phenoxy) is 2. The summed E-state index contributed by atoms with van der Waals surface area (Å²) in [6, 6.07) is 7.43. The second-order valence-corrected chi connectivity index (χ2v) is 4.57. The molecule has 1 atom stereocenters. The summed E-state index contributed by atoms with van der Waals surface area (Å²) in [7, 11) is 1.34. The first-order chi connectivity index (χ1) is 9.67. The number of carbonyl (C=O) groups excluding carboxylic acids is 1. The number of nitrogens with one attached hydrogen (secondary N) is 1. The Morgan fingerprint density at radius 2 is 2.40 bits per heavy atom. The van der Waals surface area contributed by atoms with E-state index in [0.717, 1.165) is 5.69 Å². The number of rotatable bonds is 3. The minimum atomic E-state index is -0.696. The van der Waals surface area contributed by atoms with Crippen molar-refractivity contribution in [1.82, 2.24) is 5.32 Å². The van der Waals surface area contributed by atoms with Gasteiger partial charge in [0.1, 0.15) is 5.75 Å². The van der Waals surface area contributed by atoms with E-state index in [4.69, 9.17) is 21.7 Å². The zero-order chi connectivity index (χ0) is 14.5. The number of nitrogens with zero attached hydrogens (tertiary/aromatic N) is 1. The van der Waals surface area contributed by atoms with Gasteiger partial charge in [0.25, 0.3) is 0 Å². The normalized spacial score (nSPS) is 16.6. The monoisotopic (exact) mass is 292 g/mol. The molecule has 2 rings (SSSR count). The van der Waals surface area contributed by atoms with E-state index in [0.29, 0.717) is 24.0 Å². The largest absolute Gasteiger partial charge is 0.475 e. The average Bonchev–Trinajstić information content (AvgIpc) is 2.50. The number of hydrogen-bond acceptors (Lipinski definition) is 4. The van der Waals surface area contributed by atoms with E-state index in [2.05, 4.69) is 11.9 Å². The van der Waals surface area contributed by atoms with Gasteiger partial charge in [-0.25, -0.2) is 4.79 Å². The van der Waals surface area contributed by atoms with Gasteiger partial charge in [-0.3, -0.25) is 0 Å². The van der Waals surface area contributed by atoms with Crippen molar-refractivity contribution in [2.24, 2.45) is 0 Å². The van der Waals surface area contributed by atoms with Gasteiger partial charge >= 0.3 is 5.97 Å². The highest BCUT2D eigenvalue weighted by Crippen LogP contribution is 2.33. The SMILES string of the molecule is C=CCNC(=S)N1C[C@@H](C(=O)OC)Oc2ccccc21. The van der Waals surface area contributed by atoms with E-state index >= 15 is 0 Å². The fourth-order valence-corrected chi connectivity index (χ4v) is 2.19. The molecule has 1 heterocycles. The van der Waals surface area contributed by atoms with Crippen molar-refractivity contribution in [3.8, 4) is 5.75 Å². The Labute approximate surface area is 123 Å². The van der Waals surface area contributed by atoms with Crippen LogP contribution in [0.3, 0.4) is 0 Å². The summed E-state index contributed by atoms with van der Waals surface area (Å²) in [5, 5.41) is 3.57. The fraction of sp³-hybridized carbons (Fsp3) is 0.286. The summed E-state index contributed by atoms with van der Waals surface area (Å²) in [5.41, 5.74) is 0.828. The zero-order valence-corrected chi connectivity index (χ0v) is 12.0. The summed E-state index contributed by atoms with van der Waals surface area (Å²) in [5.74, 6) is 0.188. The van der Waals surface area contributed by atoms with Gasteiger partial charge in [-0.1, -0.05) is 18.2 Å². The van der Waals surface area contributed by atoms with Crippen LogP contribution in [0.2, 0.25) is 0 Å². The molecule has 0 unspecified atom stereocenters. The Morgan fingerprint density at radius 3 is 3.10 bits per heavy atom. The highest BCUT2D eigenvalue weighted by Gasteiger charge is 2.32. The topological polar surface area (TPSA) is 50.8 Å². The van der Waals surface area contributed by atoms with E-state index in [-0.39, 0.29) is 0 Å². The molecule has 0 aromatic heterocycles. The van der Waals surface area contributed by atoms with Gasteiger partial charge in [0.15, 0.2) is 5.11 Å². The fourth-order valence-electron chi connectivity index (χ4n) is 1.94. The minimum absolute atomic E-state index is 0.312. The molecule has 106 valence electrons. The van der Waals surface area contributed by atoms with Crippen LogP contribution in [0.25, 0.3) is 0 Å². The van der Waals surface area contributed by atoms with Crippen molar-refractivity contribution in [1.29, 1.82) is 0 Å². The van der Waals surface area contributed by atoms with Gasteiger partial charge in [-0.05, 0) is 24.4 Å². The Balaban J connectivity index is 2.27. The van der Waals surface area contributed by atoms with Crippen molar-refractivity contribution in [2.75, 3.05) is 25.1 Å². The van der Waals surface area contributed by atoms with Crippen LogP contribution in [0.15, 0.2) is 36.9 Å². The first kappa shape index (κ1) is 14.3. The van der Waals surface area contributed by atoms with Crippen LogP contribution in [0.1, 0.15) is 0 Å². The van der Waals surface area contributed by atoms with Gasteiger partial charge in [0, 0.05) is 6.54 Å². The third-order valence-corrected chi connectivity index (χ3v) is 3.25. The van der Waals surface area contributed by atoms with Crippen LogP contribution >= 0.6 is 12.2 Å². The van der Waals surface area contributed by atoms with Gasteiger partial charge in [-0.15, -0.1) is 6.58 Å². The molecule has 0 saturated heterocycles. The quantitative estimate of drug-likeness (QED) is 0.517. The van der Waals surface area contributed by atoms with E-state index in [1.54, 1.807) is 12.1 Å². The lowest BCUT2D eigenvalue weighted by Gasteiger charge is -2.35. The van der Waals surface area contributed by atoms with Crippen molar-refractivity contribution < 1.29 is 14.3 Å². The second kappa shape index (κ2) is 6.38. The van der Waals surface area contributed by atoms with Crippen LogP contribution < -0.4 is 15.0 Å². The first-order valence-corrected chi connectivity index (χ1v) is 6.58. The van der Waals surface area contributed by atoms with E-state index in [9.17, 15) is 4.79 Å².